The van der Waals surface area contributed by atoms with Gasteiger partial charge in [-0.05, 0) is 30.3 Å². The first-order chi connectivity index (χ1) is 8.04. The standard InChI is InChI=1S/C13H19Cl3OSi/c1-13(2,3)18(4,5)17-8-10-11(15)6-9(14)7-12(10)16/h6-7H,8H2,1-5H3. The summed E-state index contributed by atoms with van der Waals surface area (Å²) in [4.78, 5) is 0. The summed E-state index contributed by atoms with van der Waals surface area (Å²) in [5, 5.41) is 1.83. The Hall–Kier alpha value is 0.267. The molecule has 0 spiro atoms. The smallest absolute Gasteiger partial charge is 0.192 e. The second-order valence-electron chi connectivity index (χ2n) is 5.90. The molecule has 0 heterocycles. The topological polar surface area (TPSA) is 9.23 Å². The van der Waals surface area contributed by atoms with Crippen LogP contribution < -0.4 is 0 Å². The van der Waals surface area contributed by atoms with Crippen LogP contribution in [-0.2, 0) is 11.0 Å². The zero-order chi connectivity index (χ0) is 14.1. The highest BCUT2D eigenvalue weighted by Crippen LogP contribution is 2.38. The Balaban J connectivity index is 2.88. The molecule has 0 bridgehead atoms. The molecule has 0 N–H and O–H groups in total. The van der Waals surface area contributed by atoms with Gasteiger partial charge in [-0.25, -0.2) is 0 Å². The Morgan fingerprint density at radius 1 is 1.06 bits per heavy atom. The Kier molecular flexibility index (Phi) is 5.19. The fraction of sp³-hybridized carbons (Fsp3) is 0.538. The Morgan fingerprint density at radius 3 is 1.89 bits per heavy atom. The molecule has 0 aliphatic rings. The minimum absolute atomic E-state index is 0.165. The molecule has 0 unspecified atom stereocenters. The van der Waals surface area contributed by atoms with Crippen LogP contribution >= 0.6 is 34.8 Å². The van der Waals surface area contributed by atoms with E-state index >= 15 is 0 Å². The van der Waals surface area contributed by atoms with E-state index in [2.05, 4.69) is 33.9 Å². The lowest BCUT2D eigenvalue weighted by atomic mass is 10.2. The van der Waals surface area contributed by atoms with Crippen molar-refractivity contribution in [3.63, 3.8) is 0 Å². The van der Waals surface area contributed by atoms with Crippen molar-refractivity contribution in [3.05, 3.63) is 32.8 Å². The first-order valence-electron chi connectivity index (χ1n) is 5.82. The summed E-state index contributed by atoms with van der Waals surface area (Å²) in [6.07, 6.45) is 0. The maximum absolute atomic E-state index is 6.14. The van der Waals surface area contributed by atoms with Crippen LogP contribution in [0.15, 0.2) is 12.1 Å². The van der Waals surface area contributed by atoms with Crippen LogP contribution in [0.5, 0.6) is 0 Å². The number of benzene rings is 1. The van der Waals surface area contributed by atoms with Gasteiger partial charge >= 0.3 is 0 Å². The second kappa shape index (κ2) is 5.72. The van der Waals surface area contributed by atoms with Crippen molar-refractivity contribution in [1.82, 2.24) is 0 Å². The molecule has 0 aliphatic heterocycles. The van der Waals surface area contributed by atoms with Gasteiger partial charge in [0.1, 0.15) is 0 Å². The van der Waals surface area contributed by atoms with E-state index in [1.807, 2.05) is 0 Å². The van der Waals surface area contributed by atoms with Crippen molar-refractivity contribution >= 4 is 43.1 Å². The summed E-state index contributed by atoms with van der Waals surface area (Å²) in [7, 11) is -1.80. The molecule has 0 aliphatic carbocycles. The summed E-state index contributed by atoms with van der Waals surface area (Å²) in [6.45, 7) is 11.4. The Bertz CT molecular complexity index is 415. The third kappa shape index (κ3) is 3.88. The fourth-order valence-corrected chi connectivity index (χ4v) is 3.04. The molecule has 0 saturated carbocycles. The number of hydrogen-bond acceptors (Lipinski definition) is 1. The van der Waals surface area contributed by atoms with Crippen LogP contribution in [-0.4, -0.2) is 8.32 Å². The van der Waals surface area contributed by atoms with Gasteiger partial charge < -0.3 is 4.43 Å². The maximum atomic E-state index is 6.14. The summed E-state index contributed by atoms with van der Waals surface area (Å²) in [6, 6.07) is 3.39. The van der Waals surface area contributed by atoms with Crippen molar-refractivity contribution in [2.24, 2.45) is 0 Å². The lowest BCUT2D eigenvalue weighted by Crippen LogP contribution is -2.40. The molecule has 1 nitrogen and oxygen atoms in total. The van der Waals surface area contributed by atoms with Gasteiger partial charge in [0.05, 0.1) is 6.61 Å². The number of hydrogen-bond donors (Lipinski definition) is 0. The predicted molar refractivity (Wildman–Crippen MR) is 83.5 cm³/mol. The first-order valence-corrected chi connectivity index (χ1v) is 9.86. The minimum atomic E-state index is -1.80. The summed E-state index contributed by atoms with van der Waals surface area (Å²) < 4.78 is 6.11. The SMILES string of the molecule is CC(C)(C)[Si](C)(C)OCc1c(Cl)cc(Cl)cc1Cl. The molecule has 1 aromatic carbocycles. The van der Waals surface area contributed by atoms with Crippen LogP contribution in [0.2, 0.25) is 33.2 Å². The van der Waals surface area contributed by atoms with E-state index in [9.17, 15) is 0 Å². The van der Waals surface area contributed by atoms with E-state index in [0.717, 1.165) is 5.56 Å². The average Bonchev–Trinajstić information content (AvgIpc) is 2.13. The van der Waals surface area contributed by atoms with Gasteiger partial charge in [0, 0.05) is 20.6 Å². The first kappa shape index (κ1) is 16.3. The average molecular weight is 326 g/mol. The van der Waals surface area contributed by atoms with Crippen LogP contribution in [0.3, 0.4) is 0 Å². The molecule has 0 amide bonds. The van der Waals surface area contributed by atoms with E-state index in [1.165, 1.54) is 0 Å². The van der Waals surface area contributed by atoms with Gasteiger partial charge in [-0.1, -0.05) is 55.6 Å². The third-order valence-electron chi connectivity index (χ3n) is 3.49. The molecule has 0 fully saturated rings. The lowest BCUT2D eigenvalue weighted by Gasteiger charge is -2.36. The van der Waals surface area contributed by atoms with Gasteiger partial charge in [-0.3, -0.25) is 0 Å². The van der Waals surface area contributed by atoms with Gasteiger partial charge in [-0.2, -0.15) is 0 Å². The summed E-state index contributed by atoms with van der Waals surface area (Å²) in [5.41, 5.74) is 0.813. The molecule has 5 heteroatoms. The quantitative estimate of drug-likeness (QED) is 0.604. The molecular formula is C13H19Cl3OSi. The summed E-state index contributed by atoms with van der Waals surface area (Å²) in [5.74, 6) is 0. The maximum Gasteiger partial charge on any atom is 0.192 e. The zero-order valence-electron chi connectivity index (χ0n) is 11.4. The van der Waals surface area contributed by atoms with Crippen LogP contribution in [0.1, 0.15) is 26.3 Å². The van der Waals surface area contributed by atoms with Crippen LogP contribution in [0, 0.1) is 0 Å². The van der Waals surface area contributed by atoms with Crippen molar-refractivity contribution in [1.29, 1.82) is 0 Å². The van der Waals surface area contributed by atoms with Gasteiger partial charge in [-0.15, -0.1) is 0 Å². The predicted octanol–water partition coefficient (Wildman–Crippen LogP) is 6.17. The molecule has 1 aromatic rings. The van der Waals surface area contributed by atoms with Crippen molar-refractivity contribution in [2.75, 3.05) is 0 Å². The third-order valence-corrected chi connectivity index (χ3v) is 8.86. The lowest BCUT2D eigenvalue weighted by molar-refractivity contribution is 0.276. The highest BCUT2D eigenvalue weighted by molar-refractivity contribution is 6.74. The molecule has 0 atom stereocenters. The molecule has 0 radical (unpaired) electrons. The van der Waals surface area contributed by atoms with E-state index in [1.54, 1.807) is 12.1 Å². The zero-order valence-corrected chi connectivity index (χ0v) is 14.7. The van der Waals surface area contributed by atoms with Crippen LogP contribution in [0.25, 0.3) is 0 Å². The monoisotopic (exact) mass is 324 g/mol. The van der Waals surface area contributed by atoms with Crippen molar-refractivity contribution in [3.8, 4) is 0 Å². The van der Waals surface area contributed by atoms with E-state index < -0.39 is 8.32 Å². The number of halogens is 3. The molecule has 18 heavy (non-hydrogen) atoms. The Labute approximate surface area is 126 Å². The van der Waals surface area contributed by atoms with E-state index in [-0.39, 0.29) is 5.04 Å². The summed E-state index contributed by atoms with van der Waals surface area (Å²) >= 11 is 18.2. The highest BCUT2D eigenvalue weighted by atomic mass is 35.5. The number of rotatable bonds is 3. The van der Waals surface area contributed by atoms with E-state index in [4.69, 9.17) is 39.2 Å². The van der Waals surface area contributed by atoms with Crippen molar-refractivity contribution < 1.29 is 4.43 Å². The molecule has 1 rings (SSSR count). The van der Waals surface area contributed by atoms with E-state index in [0.29, 0.717) is 21.7 Å². The second-order valence-corrected chi connectivity index (χ2v) is 12.0. The fourth-order valence-electron chi connectivity index (χ4n) is 1.18. The van der Waals surface area contributed by atoms with Gasteiger partial charge in [0.25, 0.3) is 0 Å². The van der Waals surface area contributed by atoms with Gasteiger partial charge in [0.2, 0.25) is 0 Å². The molecular weight excluding hydrogens is 307 g/mol. The molecule has 102 valence electrons. The normalized spacial score (nSPS) is 12.9. The van der Waals surface area contributed by atoms with Gasteiger partial charge in [0.15, 0.2) is 8.32 Å². The molecule has 0 aromatic heterocycles. The van der Waals surface area contributed by atoms with Crippen molar-refractivity contribution in [2.45, 2.75) is 45.5 Å². The Morgan fingerprint density at radius 2 is 1.50 bits per heavy atom. The van der Waals surface area contributed by atoms with Crippen LogP contribution in [0.4, 0.5) is 0 Å². The minimum Gasteiger partial charge on any atom is -0.412 e. The molecule has 0 saturated heterocycles. The largest absolute Gasteiger partial charge is 0.412 e. The highest BCUT2D eigenvalue weighted by Gasteiger charge is 2.37.